The minimum Gasteiger partial charge on any atom is -0.494 e. The fourth-order valence-electron chi connectivity index (χ4n) is 3.15. The highest BCUT2D eigenvalue weighted by molar-refractivity contribution is 7.22. The minimum absolute atomic E-state index is 0.00504. The second-order valence-corrected chi connectivity index (χ2v) is 7.87. The molecule has 1 aliphatic heterocycles. The number of rotatable bonds is 4. The van der Waals surface area contributed by atoms with Gasteiger partial charge in [-0.1, -0.05) is 23.5 Å². The summed E-state index contributed by atoms with van der Waals surface area (Å²) in [6, 6.07) is 11.5. The number of carbonyl (C=O) groups excluding carboxylic acids is 1. The Morgan fingerprint density at radius 1 is 1.19 bits per heavy atom. The van der Waals surface area contributed by atoms with Gasteiger partial charge in [-0.05, 0) is 24.3 Å². The highest BCUT2D eigenvalue weighted by Gasteiger charge is 2.34. The van der Waals surface area contributed by atoms with E-state index >= 15 is 0 Å². The number of ether oxygens (including phenoxy) is 1. The van der Waals surface area contributed by atoms with E-state index < -0.39 is 0 Å². The third kappa shape index (κ3) is 2.79. The van der Waals surface area contributed by atoms with E-state index in [1.165, 1.54) is 0 Å². The molecule has 9 heteroatoms. The van der Waals surface area contributed by atoms with Crippen LogP contribution >= 0.6 is 23.1 Å². The predicted octanol–water partition coefficient (Wildman–Crippen LogP) is 3.38. The van der Waals surface area contributed by atoms with E-state index in [1.807, 2.05) is 36.4 Å². The van der Waals surface area contributed by atoms with Gasteiger partial charge in [0.05, 0.1) is 35.1 Å². The standard InChI is InChI=1S/C18H15N5O2S2/c1-25-13-6-3-7-14-16(13)20-18(26-14)23-8-10(9-23)17(24)19-11-4-2-5-12-15(11)22-27-21-12/h2-7,10H,8-9H2,1H3,(H,19,24). The van der Waals surface area contributed by atoms with Crippen molar-refractivity contribution in [2.45, 2.75) is 0 Å². The molecule has 4 aromatic rings. The van der Waals surface area contributed by atoms with Gasteiger partial charge in [-0.15, -0.1) is 0 Å². The molecule has 0 aliphatic carbocycles. The quantitative estimate of drug-likeness (QED) is 0.569. The highest BCUT2D eigenvalue weighted by Crippen LogP contribution is 2.36. The van der Waals surface area contributed by atoms with Gasteiger partial charge in [-0.2, -0.15) is 8.75 Å². The van der Waals surface area contributed by atoms with Crippen molar-refractivity contribution >= 4 is 61.0 Å². The number of hydrogen-bond acceptors (Lipinski definition) is 8. The third-order valence-electron chi connectivity index (χ3n) is 4.66. The number of methoxy groups -OCH3 is 1. The molecule has 1 fully saturated rings. The predicted molar refractivity (Wildman–Crippen MR) is 108 cm³/mol. The van der Waals surface area contributed by atoms with Crippen LogP contribution in [0.1, 0.15) is 0 Å². The lowest BCUT2D eigenvalue weighted by Gasteiger charge is -2.37. The van der Waals surface area contributed by atoms with Crippen LogP contribution in [0.4, 0.5) is 10.8 Å². The van der Waals surface area contributed by atoms with Gasteiger partial charge >= 0.3 is 0 Å². The van der Waals surface area contributed by atoms with E-state index in [2.05, 4.69) is 23.9 Å². The fourth-order valence-corrected chi connectivity index (χ4v) is 4.70. The smallest absolute Gasteiger partial charge is 0.231 e. The molecule has 0 radical (unpaired) electrons. The van der Waals surface area contributed by atoms with Gasteiger partial charge < -0.3 is 15.0 Å². The maximum Gasteiger partial charge on any atom is 0.231 e. The summed E-state index contributed by atoms with van der Waals surface area (Å²) < 4.78 is 14.9. The summed E-state index contributed by atoms with van der Waals surface area (Å²) in [5.74, 6) is 0.709. The number of anilines is 2. The van der Waals surface area contributed by atoms with Gasteiger partial charge in [0.25, 0.3) is 0 Å². The van der Waals surface area contributed by atoms with E-state index in [0.29, 0.717) is 13.1 Å². The summed E-state index contributed by atoms with van der Waals surface area (Å²) in [4.78, 5) is 19.4. The largest absolute Gasteiger partial charge is 0.494 e. The van der Waals surface area contributed by atoms with E-state index in [0.717, 1.165) is 49.5 Å². The van der Waals surface area contributed by atoms with Crippen LogP contribution in [0.25, 0.3) is 21.3 Å². The van der Waals surface area contributed by atoms with Crippen molar-refractivity contribution in [3.8, 4) is 5.75 Å². The molecule has 1 amide bonds. The monoisotopic (exact) mass is 397 g/mol. The number of hydrogen-bond donors (Lipinski definition) is 1. The summed E-state index contributed by atoms with van der Waals surface area (Å²) in [6.45, 7) is 1.30. The summed E-state index contributed by atoms with van der Waals surface area (Å²) in [7, 11) is 1.65. The number of thiazole rings is 1. The second kappa shape index (κ2) is 6.43. The Balaban J connectivity index is 1.29. The van der Waals surface area contributed by atoms with Crippen molar-refractivity contribution in [3.63, 3.8) is 0 Å². The molecule has 0 saturated carbocycles. The summed E-state index contributed by atoms with van der Waals surface area (Å²) in [6.07, 6.45) is 0. The van der Waals surface area contributed by atoms with E-state index in [1.54, 1.807) is 18.4 Å². The van der Waals surface area contributed by atoms with Gasteiger partial charge in [0.15, 0.2) is 5.13 Å². The Morgan fingerprint density at radius 2 is 2.04 bits per heavy atom. The molecule has 3 heterocycles. The van der Waals surface area contributed by atoms with Gasteiger partial charge in [-0.3, -0.25) is 4.79 Å². The number of fused-ring (bicyclic) bond motifs is 2. The second-order valence-electron chi connectivity index (χ2n) is 6.33. The van der Waals surface area contributed by atoms with E-state index in [9.17, 15) is 4.79 Å². The number of para-hydroxylation sites is 1. The van der Waals surface area contributed by atoms with Crippen LogP contribution < -0.4 is 15.0 Å². The van der Waals surface area contributed by atoms with Crippen LogP contribution in [0.15, 0.2) is 36.4 Å². The number of carbonyl (C=O) groups is 1. The first-order valence-corrected chi connectivity index (χ1v) is 9.98. The zero-order valence-corrected chi connectivity index (χ0v) is 16.0. The Labute approximate surface area is 162 Å². The average molecular weight is 397 g/mol. The maximum absolute atomic E-state index is 12.6. The minimum atomic E-state index is -0.0687. The Hall–Kier alpha value is -2.78. The molecule has 136 valence electrons. The number of aromatic nitrogens is 3. The lowest BCUT2D eigenvalue weighted by Crippen LogP contribution is -2.52. The van der Waals surface area contributed by atoms with Crippen LogP contribution in [0.3, 0.4) is 0 Å². The van der Waals surface area contributed by atoms with Crippen LogP contribution in [-0.2, 0) is 4.79 Å². The lowest BCUT2D eigenvalue weighted by atomic mass is 10.00. The molecule has 7 nitrogen and oxygen atoms in total. The molecule has 27 heavy (non-hydrogen) atoms. The number of nitrogens with zero attached hydrogens (tertiary/aromatic N) is 4. The molecule has 0 unspecified atom stereocenters. The molecule has 1 saturated heterocycles. The zero-order chi connectivity index (χ0) is 18.4. The summed E-state index contributed by atoms with van der Waals surface area (Å²) in [5.41, 5.74) is 3.13. The zero-order valence-electron chi connectivity index (χ0n) is 14.4. The van der Waals surface area contributed by atoms with Gasteiger partial charge in [0, 0.05) is 13.1 Å². The third-order valence-corrected chi connectivity index (χ3v) is 6.28. The Kier molecular flexibility index (Phi) is 3.91. The van der Waals surface area contributed by atoms with E-state index in [-0.39, 0.29) is 11.8 Å². The average Bonchev–Trinajstić information content (AvgIpc) is 3.27. The molecule has 0 spiro atoms. The topological polar surface area (TPSA) is 80.2 Å². The van der Waals surface area contributed by atoms with Crippen molar-refractivity contribution < 1.29 is 9.53 Å². The Morgan fingerprint density at radius 3 is 2.89 bits per heavy atom. The fraction of sp³-hybridized carbons (Fsp3) is 0.222. The normalized spacial score (nSPS) is 14.5. The van der Waals surface area contributed by atoms with Crippen LogP contribution in [0.5, 0.6) is 5.75 Å². The Bertz CT molecular complexity index is 1150. The van der Waals surface area contributed by atoms with Crippen molar-refractivity contribution in [1.82, 2.24) is 13.7 Å². The maximum atomic E-state index is 12.6. The van der Waals surface area contributed by atoms with Crippen molar-refractivity contribution in [2.24, 2.45) is 5.92 Å². The molecule has 2 aromatic carbocycles. The first kappa shape index (κ1) is 16.4. The van der Waals surface area contributed by atoms with Crippen molar-refractivity contribution in [2.75, 3.05) is 30.4 Å². The van der Waals surface area contributed by atoms with Gasteiger partial charge in [-0.25, -0.2) is 4.98 Å². The molecule has 2 aromatic heterocycles. The van der Waals surface area contributed by atoms with Crippen molar-refractivity contribution in [1.29, 1.82) is 0 Å². The van der Waals surface area contributed by atoms with Crippen LogP contribution in [0.2, 0.25) is 0 Å². The number of benzene rings is 2. The van der Waals surface area contributed by atoms with Gasteiger partial charge in [0.1, 0.15) is 22.3 Å². The summed E-state index contributed by atoms with van der Waals surface area (Å²) >= 11 is 2.77. The number of amides is 1. The first-order valence-electron chi connectivity index (χ1n) is 8.43. The lowest BCUT2D eigenvalue weighted by molar-refractivity contribution is -0.120. The van der Waals surface area contributed by atoms with Gasteiger partial charge in [0.2, 0.25) is 5.91 Å². The molecular formula is C18H15N5O2S2. The molecule has 0 bridgehead atoms. The van der Waals surface area contributed by atoms with E-state index in [4.69, 9.17) is 4.74 Å². The highest BCUT2D eigenvalue weighted by atomic mass is 32.1. The van der Waals surface area contributed by atoms with Crippen molar-refractivity contribution in [3.05, 3.63) is 36.4 Å². The molecular weight excluding hydrogens is 382 g/mol. The molecule has 1 N–H and O–H groups in total. The molecule has 0 atom stereocenters. The molecule has 5 rings (SSSR count). The first-order chi connectivity index (χ1) is 13.2. The van der Waals surface area contributed by atoms with Crippen LogP contribution in [-0.4, -0.2) is 39.8 Å². The van der Waals surface area contributed by atoms with Crippen LogP contribution in [0, 0.1) is 5.92 Å². The molecule has 1 aliphatic rings. The summed E-state index contributed by atoms with van der Waals surface area (Å²) in [5, 5.41) is 3.91. The number of nitrogens with one attached hydrogen (secondary N) is 1. The SMILES string of the molecule is COc1cccc2sc(N3CC(C(=O)Nc4cccc5nsnc45)C3)nc12.